The molecule has 0 fully saturated rings. The zero-order chi connectivity index (χ0) is 17.0. The summed E-state index contributed by atoms with van der Waals surface area (Å²) in [4.78, 5) is 24.0. The van der Waals surface area contributed by atoms with Crippen molar-refractivity contribution in [3.05, 3.63) is 50.4 Å². The fraction of sp³-hybridized carbons (Fsp3) is 0.385. The smallest absolute Gasteiger partial charge is 0.456 e. The summed E-state index contributed by atoms with van der Waals surface area (Å²) in [5, 5.41) is 25.5. The van der Waals surface area contributed by atoms with Gasteiger partial charge in [0.15, 0.2) is 0 Å². The Labute approximate surface area is 130 Å². The minimum Gasteiger partial charge on any atom is -0.497 e. The predicted molar refractivity (Wildman–Crippen MR) is 77.0 cm³/mol. The third kappa shape index (κ3) is 3.42. The van der Waals surface area contributed by atoms with Crippen molar-refractivity contribution in [2.24, 2.45) is 0 Å². The lowest BCUT2D eigenvalue weighted by Crippen LogP contribution is -2.43. The standard InChI is InChI=1S/C13H14N4O6/c1-13(16(18)19,17(20)21)8-7-11-14-12(15-23-11)9-3-5-10(22-2)6-4-9/h3-6H,7-8H2,1-2H3. The summed E-state index contributed by atoms with van der Waals surface area (Å²) in [6.07, 6.45) is -0.418. The van der Waals surface area contributed by atoms with Gasteiger partial charge in [-0.25, -0.2) is 0 Å². The summed E-state index contributed by atoms with van der Waals surface area (Å²) >= 11 is 0. The number of aryl methyl sites for hydroxylation is 1. The van der Waals surface area contributed by atoms with Crippen molar-refractivity contribution >= 4 is 0 Å². The molecule has 0 spiro atoms. The molecule has 0 saturated heterocycles. The van der Waals surface area contributed by atoms with Crippen LogP contribution in [0.15, 0.2) is 28.8 Å². The van der Waals surface area contributed by atoms with Crippen LogP contribution in [0.2, 0.25) is 0 Å². The van der Waals surface area contributed by atoms with E-state index in [0.29, 0.717) is 17.1 Å². The number of nitro groups is 2. The van der Waals surface area contributed by atoms with E-state index in [1.807, 2.05) is 0 Å². The number of aromatic nitrogens is 2. The van der Waals surface area contributed by atoms with Gasteiger partial charge < -0.3 is 9.26 Å². The molecule has 0 N–H and O–H groups in total. The number of benzene rings is 1. The molecule has 0 amide bonds. The van der Waals surface area contributed by atoms with Gasteiger partial charge in [-0.3, -0.25) is 20.2 Å². The molecule has 122 valence electrons. The van der Waals surface area contributed by atoms with E-state index in [4.69, 9.17) is 9.26 Å². The van der Waals surface area contributed by atoms with Gasteiger partial charge in [-0.2, -0.15) is 4.98 Å². The van der Waals surface area contributed by atoms with E-state index < -0.39 is 15.5 Å². The Kier molecular flexibility index (Phi) is 4.53. The number of methoxy groups -OCH3 is 1. The van der Waals surface area contributed by atoms with Crippen molar-refractivity contribution in [1.82, 2.24) is 10.1 Å². The van der Waals surface area contributed by atoms with E-state index in [1.165, 1.54) is 0 Å². The largest absolute Gasteiger partial charge is 0.497 e. The summed E-state index contributed by atoms with van der Waals surface area (Å²) in [7, 11) is 1.54. The number of hydrogen-bond acceptors (Lipinski definition) is 8. The van der Waals surface area contributed by atoms with Gasteiger partial charge in [-0.1, -0.05) is 5.16 Å². The number of ether oxygens (including phenoxy) is 1. The molecule has 0 aliphatic heterocycles. The molecule has 10 heteroatoms. The highest BCUT2D eigenvalue weighted by Crippen LogP contribution is 2.22. The third-order valence-corrected chi connectivity index (χ3v) is 3.42. The summed E-state index contributed by atoms with van der Waals surface area (Å²) < 4.78 is 10.0. The highest BCUT2D eigenvalue weighted by atomic mass is 16.7. The second-order valence-corrected chi connectivity index (χ2v) is 4.97. The molecular weight excluding hydrogens is 308 g/mol. The topological polar surface area (TPSA) is 134 Å². The minimum atomic E-state index is -2.28. The van der Waals surface area contributed by atoms with Gasteiger partial charge in [0, 0.05) is 12.0 Å². The van der Waals surface area contributed by atoms with Gasteiger partial charge >= 0.3 is 5.66 Å². The van der Waals surface area contributed by atoms with Crippen LogP contribution in [0.3, 0.4) is 0 Å². The van der Waals surface area contributed by atoms with Crippen LogP contribution < -0.4 is 4.74 Å². The van der Waals surface area contributed by atoms with Crippen LogP contribution in [0.5, 0.6) is 5.75 Å². The monoisotopic (exact) mass is 322 g/mol. The zero-order valence-corrected chi connectivity index (χ0v) is 12.5. The molecule has 0 aliphatic carbocycles. The highest BCUT2D eigenvalue weighted by Gasteiger charge is 2.50. The first-order valence-corrected chi connectivity index (χ1v) is 6.63. The van der Waals surface area contributed by atoms with Crippen LogP contribution in [0.25, 0.3) is 11.4 Å². The Morgan fingerprint density at radius 2 is 1.83 bits per heavy atom. The molecule has 2 aromatic rings. The highest BCUT2D eigenvalue weighted by molar-refractivity contribution is 5.55. The maximum atomic E-state index is 10.9. The van der Waals surface area contributed by atoms with Crippen molar-refractivity contribution in [3.63, 3.8) is 0 Å². The Bertz CT molecular complexity index is 698. The SMILES string of the molecule is COc1ccc(-c2noc(CCC(C)([N+](=O)[O-])[N+](=O)[O-])n2)cc1. The molecule has 1 aromatic carbocycles. The third-order valence-electron chi connectivity index (χ3n) is 3.42. The first kappa shape index (κ1) is 16.3. The molecule has 23 heavy (non-hydrogen) atoms. The fourth-order valence-electron chi connectivity index (χ4n) is 1.81. The number of hydrogen-bond donors (Lipinski definition) is 0. The number of nitrogens with zero attached hydrogens (tertiary/aromatic N) is 4. The van der Waals surface area contributed by atoms with Gasteiger partial charge in [0.1, 0.15) is 5.75 Å². The first-order valence-electron chi connectivity index (χ1n) is 6.63. The van der Waals surface area contributed by atoms with Crippen LogP contribution in [-0.4, -0.2) is 32.8 Å². The molecular formula is C13H14N4O6. The Hall–Kier alpha value is -3.04. The Balaban J connectivity index is 2.10. The lowest BCUT2D eigenvalue weighted by molar-refractivity contribution is -0.793. The molecule has 10 nitrogen and oxygen atoms in total. The maximum Gasteiger partial charge on any atom is 0.456 e. The minimum absolute atomic E-state index is 0.0678. The second-order valence-electron chi connectivity index (χ2n) is 4.97. The first-order chi connectivity index (χ1) is 10.9. The van der Waals surface area contributed by atoms with Crippen molar-refractivity contribution in [3.8, 4) is 17.1 Å². The second kappa shape index (κ2) is 6.38. The fourth-order valence-corrected chi connectivity index (χ4v) is 1.81. The van der Waals surface area contributed by atoms with Gasteiger partial charge in [0.25, 0.3) is 0 Å². The molecule has 2 rings (SSSR count). The van der Waals surface area contributed by atoms with E-state index in [-0.39, 0.29) is 18.7 Å². The molecule has 0 unspecified atom stereocenters. The quantitative estimate of drug-likeness (QED) is 0.429. The van der Waals surface area contributed by atoms with Gasteiger partial charge in [-0.05, 0) is 24.3 Å². The predicted octanol–water partition coefficient (Wildman–Crippen LogP) is 1.95. The van der Waals surface area contributed by atoms with Crippen LogP contribution in [0.4, 0.5) is 0 Å². The molecule has 0 aliphatic rings. The van der Waals surface area contributed by atoms with E-state index in [2.05, 4.69) is 10.1 Å². The molecule has 0 bridgehead atoms. The zero-order valence-electron chi connectivity index (χ0n) is 12.5. The molecule has 0 radical (unpaired) electrons. The summed E-state index contributed by atoms with van der Waals surface area (Å²) in [6.45, 7) is 0.952. The maximum absolute atomic E-state index is 10.9. The van der Waals surface area contributed by atoms with Crippen molar-refractivity contribution < 1.29 is 19.1 Å². The van der Waals surface area contributed by atoms with Gasteiger partial charge in [0.2, 0.25) is 11.7 Å². The van der Waals surface area contributed by atoms with Crippen LogP contribution >= 0.6 is 0 Å². The molecule has 1 heterocycles. The lowest BCUT2D eigenvalue weighted by Gasteiger charge is -2.10. The summed E-state index contributed by atoms with van der Waals surface area (Å²) in [5.41, 5.74) is -1.61. The molecule has 1 aromatic heterocycles. The van der Waals surface area contributed by atoms with E-state index >= 15 is 0 Å². The molecule has 0 saturated carbocycles. The lowest BCUT2D eigenvalue weighted by atomic mass is 10.1. The average Bonchev–Trinajstić information content (AvgIpc) is 3.01. The van der Waals surface area contributed by atoms with Crippen LogP contribution in [-0.2, 0) is 6.42 Å². The van der Waals surface area contributed by atoms with Crippen molar-refractivity contribution in [2.45, 2.75) is 25.4 Å². The van der Waals surface area contributed by atoms with Crippen molar-refractivity contribution in [1.29, 1.82) is 0 Å². The van der Waals surface area contributed by atoms with Crippen LogP contribution in [0, 0.1) is 20.2 Å². The molecule has 0 atom stereocenters. The normalized spacial score (nSPS) is 11.2. The van der Waals surface area contributed by atoms with E-state index in [1.54, 1.807) is 31.4 Å². The summed E-state index contributed by atoms with van der Waals surface area (Å²) in [5.74, 6) is 1.07. The van der Waals surface area contributed by atoms with Gasteiger partial charge in [-0.15, -0.1) is 0 Å². The number of rotatable bonds is 7. The Morgan fingerprint density at radius 3 is 2.35 bits per heavy atom. The van der Waals surface area contributed by atoms with Crippen molar-refractivity contribution in [2.75, 3.05) is 7.11 Å². The van der Waals surface area contributed by atoms with Gasteiger partial charge in [0.05, 0.1) is 30.3 Å². The van der Waals surface area contributed by atoms with E-state index in [0.717, 1.165) is 6.92 Å². The average molecular weight is 322 g/mol. The summed E-state index contributed by atoms with van der Waals surface area (Å²) in [6, 6.07) is 6.90. The van der Waals surface area contributed by atoms with Crippen LogP contribution in [0.1, 0.15) is 19.2 Å². The Morgan fingerprint density at radius 1 is 1.22 bits per heavy atom. The van der Waals surface area contributed by atoms with E-state index in [9.17, 15) is 20.2 Å².